The minimum atomic E-state index is -0.289. The van der Waals surface area contributed by atoms with Gasteiger partial charge in [-0.05, 0) is 25.1 Å². The van der Waals surface area contributed by atoms with Crippen LogP contribution in [0.1, 0.15) is 11.1 Å². The number of amides is 1. The van der Waals surface area contributed by atoms with E-state index in [-0.39, 0.29) is 5.91 Å². The standard InChI is InChI=1S/C13H11Cl2N3O/c1-8-7-16-18-13(8)17-12(19)6-5-9-10(14)3-2-4-11(9)15/h2-7H,1H3,(H2,16,17,18,19)/b6-5+. The van der Waals surface area contributed by atoms with Gasteiger partial charge in [-0.15, -0.1) is 0 Å². The fourth-order valence-corrected chi connectivity index (χ4v) is 1.99. The molecule has 2 rings (SSSR count). The van der Waals surface area contributed by atoms with E-state index in [2.05, 4.69) is 15.5 Å². The van der Waals surface area contributed by atoms with Crippen LogP contribution in [0.25, 0.3) is 6.08 Å². The molecule has 2 N–H and O–H groups in total. The largest absolute Gasteiger partial charge is 0.307 e. The molecule has 19 heavy (non-hydrogen) atoms. The summed E-state index contributed by atoms with van der Waals surface area (Å²) in [6, 6.07) is 5.17. The fourth-order valence-electron chi connectivity index (χ4n) is 1.47. The van der Waals surface area contributed by atoms with E-state index in [1.807, 2.05) is 6.92 Å². The molecule has 0 spiro atoms. The third kappa shape index (κ3) is 3.36. The van der Waals surface area contributed by atoms with Crippen molar-refractivity contribution < 1.29 is 4.79 Å². The van der Waals surface area contributed by atoms with Gasteiger partial charge in [0.1, 0.15) is 5.82 Å². The molecule has 98 valence electrons. The lowest BCUT2D eigenvalue weighted by Crippen LogP contribution is -2.09. The number of nitrogens with one attached hydrogen (secondary N) is 2. The van der Waals surface area contributed by atoms with Crippen LogP contribution in [0.3, 0.4) is 0 Å². The Morgan fingerprint density at radius 1 is 1.37 bits per heavy atom. The topological polar surface area (TPSA) is 57.8 Å². The van der Waals surface area contributed by atoms with Crippen LogP contribution in [0.15, 0.2) is 30.5 Å². The predicted octanol–water partition coefficient (Wildman–Crippen LogP) is 3.68. The van der Waals surface area contributed by atoms with Gasteiger partial charge in [0, 0.05) is 27.2 Å². The number of aryl methyl sites for hydroxylation is 1. The highest BCUT2D eigenvalue weighted by Gasteiger charge is 2.05. The number of anilines is 1. The smallest absolute Gasteiger partial charge is 0.249 e. The van der Waals surface area contributed by atoms with Crippen LogP contribution in [0, 0.1) is 6.92 Å². The molecule has 0 bridgehead atoms. The van der Waals surface area contributed by atoms with Gasteiger partial charge in [-0.25, -0.2) is 0 Å². The molecule has 1 amide bonds. The van der Waals surface area contributed by atoms with Crippen molar-refractivity contribution in [2.75, 3.05) is 5.32 Å². The molecule has 0 saturated carbocycles. The first kappa shape index (κ1) is 13.6. The molecule has 0 aliphatic rings. The van der Waals surface area contributed by atoms with Crippen molar-refractivity contribution in [1.82, 2.24) is 10.2 Å². The Bertz CT molecular complexity index is 614. The first-order valence-electron chi connectivity index (χ1n) is 5.51. The summed E-state index contributed by atoms with van der Waals surface area (Å²) in [5.41, 5.74) is 1.47. The lowest BCUT2D eigenvalue weighted by atomic mass is 10.2. The van der Waals surface area contributed by atoms with Gasteiger partial charge in [0.05, 0.1) is 6.20 Å². The van der Waals surface area contributed by atoms with Gasteiger partial charge in [0.25, 0.3) is 0 Å². The highest BCUT2D eigenvalue weighted by molar-refractivity contribution is 6.37. The number of aromatic amines is 1. The zero-order chi connectivity index (χ0) is 13.8. The van der Waals surface area contributed by atoms with Crippen LogP contribution in [0.4, 0.5) is 5.82 Å². The third-order valence-electron chi connectivity index (χ3n) is 2.48. The molecule has 0 unspecified atom stereocenters. The van der Waals surface area contributed by atoms with Crippen molar-refractivity contribution in [2.24, 2.45) is 0 Å². The van der Waals surface area contributed by atoms with Crippen LogP contribution >= 0.6 is 23.2 Å². The van der Waals surface area contributed by atoms with E-state index in [1.165, 1.54) is 6.08 Å². The SMILES string of the molecule is Cc1cn[nH]c1NC(=O)/C=C/c1c(Cl)cccc1Cl. The first-order chi connectivity index (χ1) is 9.08. The summed E-state index contributed by atoms with van der Waals surface area (Å²) in [7, 11) is 0. The Labute approximate surface area is 120 Å². The van der Waals surface area contributed by atoms with Crippen molar-refractivity contribution in [3.05, 3.63) is 51.6 Å². The minimum Gasteiger partial charge on any atom is -0.307 e. The summed E-state index contributed by atoms with van der Waals surface area (Å²) in [6.07, 6.45) is 4.57. The maximum absolute atomic E-state index is 11.7. The van der Waals surface area contributed by atoms with Gasteiger partial charge in [0.15, 0.2) is 0 Å². The van der Waals surface area contributed by atoms with Gasteiger partial charge in [-0.3, -0.25) is 9.89 Å². The molecule has 6 heteroatoms. The lowest BCUT2D eigenvalue weighted by molar-refractivity contribution is -0.111. The number of aromatic nitrogens is 2. The molecule has 0 aliphatic heterocycles. The first-order valence-corrected chi connectivity index (χ1v) is 6.26. The van der Waals surface area contributed by atoms with Gasteiger partial charge in [-0.1, -0.05) is 29.3 Å². The van der Waals surface area contributed by atoms with E-state index in [4.69, 9.17) is 23.2 Å². The molecule has 0 radical (unpaired) electrons. The molecule has 2 aromatic rings. The van der Waals surface area contributed by atoms with Crippen LogP contribution in [-0.2, 0) is 4.79 Å². The zero-order valence-electron chi connectivity index (χ0n) is 10.1. The normalized spacial score (nSPS) is 10.9. The summed E-state index contributed by atoms with van der Waals surface area (Å²) in [5, 5.41) is 10.2. The molecular weight excluding hydrogens is 285 g/mol. The number of hydrogen-bond acceptors (Lipinski definition) is 2. The van der Waals surface area contributed by atoms with E-state index in [0.717, 1.165) is 5.56 Å². The number of H-pyrrole nitrogens is 1. The highest BCUT2D eigenvalue weighted by atomic mass is 35.5. The van der Waals surface area contributed by atoms with Crippen molar-refractivity contribution >= 4 is 41.0 Å². The minimum absolute atomic E-state index is 0.289. The summed E-state index contributed by atoms with van der Waals surface area (Å²) in [6.45, 7) is 1.84. The molecule has 1 aromatic heterocycles. The van der Waals surface area contributed by atoms with Crippen molar-refractivity contribution in [3.63, 3.8) is 0 Å². The van der Waals surface area contributed by atoms with Crippen molar-refractivity contribution in [3.8, 4) is 0 Å². The molecular formula is C13H11Cl2N3O. The lowest BCUT2D eigenvalue weighted by Gasteiger charge is -2.02. The number of carbonyl (C=O) groups is 1. The Balaban J connectivity index is 2.11. The average molecular weight is 296 g/mol. The van der Waals surface area contributed by atoms with E-state index >= 15 is 0 Å². The van der Waals surface area contributed by atoms with Crippen LogP contribution in [0.2, 0.25) is 10.0 Å². The van der Waals surface area contributed by atoms with Crippen LogP contribution < -0.4 is 5.32 Å². The Morgan fingerprint density at radius 2 is 2.05 bits per heavy atom. The summed E-state index contributed by atoms with van der Waals surface area (Å²) < 4.78 is 0. The van der Waals surface area contributed by atoms with E-state index in [1.54, 1.807) is 30.5 Å². The molecule has 0 aliphatic carbocycles. The Hall–Kier alpha value is -1.78. The number of hydrogen-bond donors (Lipinski definition) is 2. The number of benzene rings is 1. The van der Waals surface area contributed by atoms with Crippen molar-refractivity contribution in [1.29, 1.82) is 0 Å². The highest BCUT2D eigenvalue weighted by Crippen LogP contribution is 2.25. The second-order valence-electron chi connectivity index (χ2n) is 3.89. The maximum Gasteiger partial charge on any atom is 0.249 e. The van der Waals surface area contributed by atoms with Crippen molar-refractivity contribution in [2.45, 2.75) is 6.92 Å². The van der Waals surface area contributed by atoms with E-state index < -0.39 is 0 Å². The number of nitrogens with zero attached hydrogens (tertiary/aromatic N) is 1. The van der Waals surface area contributed by atoms with E-state index in [0.29, 0.717) is 21.4 Å². The number of halogens is 2. The molecule has 0 atom stereocenters. The fraction of sp³-hybridized carbons (Fsp3) is 0.0769. The number of carbonyl (C=O) groups excluding carboxylic acids is 1. The van der Waals surface area contributed by atoms with Crippen LogP contribution in [-0.4, -0.2) is 16.1 Å². The monoisotopic (exact) mass is 295 g/mol. The summed E-state index contributed by atoms with van der Waals surface area (Å²) >= 11 is 12.0. The Morgan fingerprint density at radius 3 is 2.63 bits per heavy atom. The quantitative estimate of drug-likeness (QED) is 0.849. The molecule has 1 aromatic carbocycles. The second-order valence-corrected chi connectivity index (χ2v) is 4.70. The van der Waals surface area contributed by atoms with Gasteiger partial charge in [0.2, 0.25) is 5.91 Å². The molecule has 0 saturated heterocycles. The maximum atomic E-state index is 11.7. The van der Waals surface area contributed by atoms with Crippen LogP contribution in [0.5, 0.6) is 0 Å². The second kappa shape index (κ2) is 5.91. The molecule has 0 fully saturated rings. The predicted molar refractivity (Wildman–Crippen MR) is 77.5 cm³/mol. The van der Waals surface area contributed by atoms with Gasteiger partial charge >= 0.3 is 0 Å². The van der Waals surface area contributed by atoms with Gasteiger partial charge < -0.3 is 5.32 Å². The average Bonchev–Trinajstić information content (AvgIpc) is 2.74. The molecule has 1 heterocycles. The summed E-state index contributed by atoms with van der Waals surface area (Å²) in [4.78, 5) is 11.7. The Kier molecular flexibility index (Phi) is 4.24. The third-order valence-corrected chi connectivity index (χ3v) is 3.14. The van der Waals surface area contributed by atoms with Gasteiger partial charge in [-0.2, -0.15) is 5.10 Å². The zero-order valence-corrected chi connectivity index (χ0v) is 11.6. The molecule has 4 nitrogen and oxygen atoms in total. The number of rotatable bonds is 3. The van der Waals surface area contributed by atoms with E-state index in [9.17, 15) is 4.79 Å². The summed E-state index contributed by atoms with van der Waals surface area (Å²) in [5.74, 6) is 0.281.